The van der Waals surface area contributed by atoms with Gasteiger partial charge in [0.15, 0.2) is 11.5 Å². The van der Waals surface area contributed by atoms with Crippen LogP contribution in [-0.2, 0) is 14.1 Å². The molecule has 0 bridgehead atoms. The molecule has 0 radical (unpaired) electrons. The Morgan fingerprint density at radius 2 is 1.77 bits per heavy atom. The molecule has 26 heavy (non-hydrogen) atoms. The number of halogens is 2. The molecule has 144 valence electrons. The Morgan fingerprint density at radius 3 is 2.23 bits per heavy atom. The molecule has 1 atom stereocenters. The highest BCUT2D eigenvalue weighted by Gasteiger charge is 2.54. The van der Waals surface area contributed by atoms with Gasteiger partial charge in [-0.15, -0.1) is 0 Å². The van der Waals surface area contributed by atoms with Gasteiger partial charge in [0.05, 0.1) is 24.7 Å². The van der Waals surface area contributed by atoms with Crippen molar-refractivity contribution in [2.45, 2.75) is 57.7 Å². The van der Waals surface area contributed by atoms with E-state index in [0.717, 1.165) is 0 Å². The van der Waals surface area contributed by atoms with E-state index in [-0.39, 0.29) is 17.9 Å². The van der Waals surface area contributed by atoms with Gasteiger partial charge in [0, 0.05) is 5.82 Å². The third-order valence-electron chi connectivity index (χ3n) is 4.83. The molecule has 1 N–H and O–H groups in total. The van der Waals surface area contributed by atoms with Crippen LogP contribution in [0.15, 0.2) is 18.2 Å². The number of hydrogen-bond acceptors (Lipinski definition) is 5. The van der Waals surface area contributed by atoms with Crippen molar-refractivity contribution in [3.8, 4) is 11.5 Å². The first-order chi connectivity index (χ1) is 12.0. The fraction of sp³-hybridized carbons (Fsp3) is 0.588. The summed E-state index contributed by atoms with van der Waals surface area (Å²) in [5.41, 5.74) is -0.724. The number of benzene rings is 1. The second-order valence-electron chi connectivity index (χ2n) is 7.12. The highest BCUT2D eigenvalue weighted by atomic mass is 19.3. The average Bonchev–Trinajstić information content (AvgIpc) is 2.72. The van der Waals surface area contributed by atoms with Crippen molar-refractivity contribution in [2.24, 2.45) is 0 Å². The Balaban J connectivity index is 2.37. The van der Waals surface area contributed by atoms with Crippen LogP contribution in [-0.4, -0.2) is 43.1 Å². The molecule has 0 spiro atoms. The van der Waals surface area contributed by atoms with Crippen LogP contribution in [0.25, 0.3) is 0 Å². The quantitative estimate of drug-likeness (QED) is 0.739. The van der Waals surface area contributed by atoms with E-state index < -0.39 is 36.7 Å². The molecule has 1 heterocycles. The SMILES string of the molecule is COc1cc(C(CC(=O)O)B2OC(C)(C)C(C)(C)O2)ccc1OC(F)F. The van der Waals surface area contributed by atoms with Gasteiger partial charge in [-0.1, -0.05) is 6.07 Å². The van der Waals surface area contributed by atoms with Crippen molar-refractivity contribution in [3.63, 3.8) is 0 Å². The Morgan fingerprint density at radius 1 is 1.19 bits per heavy atom. The second-order valence-corrected chi connectivity index (χ2v) is 7.12. The summed E-state index contributed by atoms with van der Waals surface area (Å²) < 4.78 is 46.4. The first kappa shape index (κ1) is 20.4. The first-order valence-electron chi connectivity index (χ1n) is 8.17. The van der Waals surface area contributed by atoms with Gasteiger partial charge < -0.3 is 23.9 Å². The predicted octanol–water partition coefficient (Wildman–Crippen LogP) is 3.49. The summed E-state index contributed by atoms with van der Waals surface area (Å²) in [7, 11) is 0.515. The third kappa shape index (κ3) is 4.27. The molecule has 1 aliphatic heterocycles. The molecule has 1 fully saturated rings. The Hall–Kier alpha value is -1.87. The summed E-state index contributed by atoms with van der Waals surface area (Å²) in [4.78, 5) is 11.4. The van der Waals surface area contributed by atoms with Crippen LogP contribution < -0.4 is 9.47 Å². The lowest BCUT2D eigenvalue weighted by Gasteiger charge is -2.32. The van der Waals surface area contributed by atoms with E-state index in [2.05, 4.69) is 4.74 Å². The molecule has 1 unspecified atom stereocenters. The zero-order chi connectivity index (χ0) is 19.7. The second kappa shape index (κ2) is 7.40. The van der Waals surface area contributed by atoms with Crippen LogP contribution in [0.2, 0.25) is 0 Å². The number of aliphatic carboxylic acids is 1. The third-order valence-corrected chi connectivity index (χ3v) is 4.83. The molecular weight excluding hydrogens is 349 g/mol. The van der Waals surface area contributed by atoms with Crippen molar-refractivity contribution in [1.82, 2.24) is 0 Å². The molecule has 1 aliphatic rings. The van der Waals surface area contributed by atoms with Gasteiger partial charge in [-0.3, -0.25) is 4.79 Å². The van der Waals surface area contributed by atoms with E-state index >= 15 is 0 Å². The minimum Gasteiger partial charge on any atom is -0.493 e. The highest BCUT2D eigenvalue weighted by Crippen LogP contribution is 2.43. The zero-order valence-corrected chi connectivity index (χ0v) is 15.4. The van der Waals surface area contributed by atoms with E-state index in [9.17, 15) is 18.7 Å². The van der Waals surface area contributed by atoms with Gasteiger partial charge in [0.25, 0.3) is 0 Å². The number of hydrogen-bond donors (Lipinski definition) is 1. The molecule has 0 amide bonds. The molecule has 1 aromatic carbocycles. The summed E-state index contributed by atoms with van der Waals surface area (Å²) in [6.45, 7) is 4.47. The lowest BCUT2D eigenvalue weighted by molar-refractivity contribution is -0.137. The molecular formula is C17H23BF2O6. The van der Waals surface area contributed by atoms with Gasteiger partial charge in [-0.05, 0) is 45.4 Å². The lowest BCUT2D eigenvalue weighted by Crippen LogP contribution is -2.41. The number of alkyl halides is 2. The van der Waals surface area contributed by atoms with Gasteiger partial charge in [0.2, 0.25) is 0 Å². The van der Waals surface area contributed by atoms with Crippen molar-refractivity contribution in [3.05, 3.63) is 23.8 Å². The molecule has 2 rings (SSSR count). The average molecular weight is 372 g/mol. The number of carboxylic acid groups (broad SMARTS) is 1. The predicted molar refractivity (Wildman–Crippen MR) is 90.7 cm³/mol. The maximum absolute atomic E-state index is 12.5. The van der Waals surface area contributed by atoms with Gasteiger partial charge >= 0.3 is 19.7 Å². The Labute approximate surface area is 151 Å². The van der Waals surface area contributed by atoms with Gasteiger partial charge in [-0.2, -0.15) is 8.78 Å². The van der Waals surface area contributed by atoms with Crippen LogP contribution >= 0.6 is 0 Å². The molecule has 9 heteroatoms. The van der Waals surface area contributed by atoms with Crippen molar-refractivity contribution in [1.29, 1.82) is 0 Å². The fourth-order valence-electron chi connectivity index (χ4n) is 2.72. The summed E-state index contributed by atoms with van der Waals surface area (Å²) in [5.74, 6) is -1.73. The number of carbonyl (C=O) groups is 1. The van der Waals surface area contributed by atoms with E-state index in [4.69, 9.17) is 14.0 Å². The summed E-state index contributed by atoms with van der Waals surface area (Å²) in [5, 5.41) is 9.30. The first-order valence-corrected chi connectivity index (χ1v) is 8.17. The Bertz CT molecular complexity index is 649. The molecule has 6 nitrogen and oxygen atoms in total. The number of ether oxygens (including phenoxy) is 2. The Kier molecular flexibility index (Phi) is 5.82. The largest absolute Gasteiger partial charge is 0.493 e. The number of methoxy groups -OCH3 is 1. The molecule has 1 aromatic rings. The van der Waals surface area contributed by atoms with Crippen LogP contribution in [0.5, 0.6) is 11.5 Å². The standard InChI is InChI=1S/C17H23BF2O6/c1-16(2)17(3,4)26-18(25-16)11(9-14(21)22)10-6-7-12(24-15(19)20)13(8-10)23-5/h6-8,11,15H,9H2,1-5H3,(H,21,22). The normalized spacial score (nSPS) is 19.5. The molecule has 0 aromatic heterocycles. The van der Waals surface area contributed by atoms with Crippen molar-refractivity contribution in [2.75, 3.05) is 7.11 Å². The monoisotopic (exact) mass is 372 g/mol. The molecule has 0 aliphatic carbocycles. The van der Waals surface area contributed by atoms with Crippen molar-refractivity contribution < 1.29 is 37.5 Å². The van der Waals surface area contributed by atoms with Crippen molar-refractivity contribution >= 4 is 13.1 Å². The topological polar surface area (TPSA) is 74.2 Å². The van der Waals surface area contributed by atoms with Gasteiger partial charge in [0.1, 0.15) is 0 Å². The van der Waals surface area contributed by atoms with E-state index in [0.29, 0.717) is 5.56 Å². The summed E-state index contributed by atoms with van der Waals surface area (Å²) in [6, 6.07) is 4.30. The van der Waals surface area contributed by atoms with E-state index in [1.165, 1.54) is 25.3 Å². The van der Waals surface area contributed by atoms with Crippen LogP contribution in [0.4, 0.5) is 8.78 Å². The van der Waals surface area contributed by atoms with E-state index in [1.54, 1.807) is 0 Å². The van der Waals surface area contributed by atoms with Crippen LogP contribution in [0, 0.1) is 0 Å². The lowest BCUT2D eigenvalue weighted by atomic mass is 9.66. The summed E-state index contributed by atoms with van der Waals surface area (Å²) >= 11 is 0. The fourth-order valence-corrected chi connectivity index (χ4v) is 2.72. The maximum atomic E-state index is 12.5. The van der Waals surface area contributed by atoms with E-state index in [1.807, 2.05) is 27.7 Å². The van der Waals surface area contributed by atoms with Crippen LogP contribution in [0.3, 0.4) is 0 Å². The minimum atomic E-state index is -2.99. The summed E-state index contributed by atoms with van der Waals surface area (Å²) in [6.07, 6.45) is -0.255. The number of carboxylic acids is 1. The highest BCUT2D eigenvalue weighted by molar-refractivity contribution is 6.48. The zero-order valence-electron chi connectivity index (χ0n) is 15.4. The smallest absolute Gasteiger partial charge is 0.466 e. The number of rotatable bonds is 7. The minimum absolute atomic E-state index is 0.0784. The van der Waals surface area contributed by atoms with Crippen LogP contribution in [0.1, 0.15) is 45.5 Å². The van der Waals surface area contributed by atoms with Gasteiger partial charge in [-0.25, -0.2) is 0 Å². The molecule has 0 saturated carbocycles. The molecule has 1 saturated heterocycles. The maximum Gasteiger partial charge on any atom is 0.466 e.